The van der Waals surface area contributed by atoms with E-state index in [1.807, 2.05) is 13.0 Å². The summed E-state index contributed by atoms with van der Waals surface area (Å²) in [6, 6.07) is 5.16. The molecule has 0 saturated carbocycles. The number of amides is 1. The predicted molar refractivity (Wildman–Crippen MR) is 75.7 cm³/mol. The second kappa shape index (κ2) is 6.83. The van der Waals surface area contributed by atoms with Crippen molar-refractivity contribution in [2.75, 3.05) is 26.8 Å². The molecule has 1 rings (SSSR count). The number of hydrogen-bond acceptors (Lipinski definition) is 4. The summed E-state index contributed by atoms with van der Waals surface area (Å²) < 4.78 is 31.1. The molecule has 0 aliphatic carbocycles. The molecular weight excluding hydrogens is 280 g/mol. The molecule has 1 aromatic carbocycles. The van der Waals surface area contributed by atoms with Crippen molar-refractivity contribution in [3.05, 3.63) is 29.3 Å². The van der Waals surface area contributed by atoms with E-state index in [-0.39, 0.29) is 24.6 Å². The average Bonchev–Trinajstić information content (AvgIpc) is 2.36. The normalized spacial score (nSPS) is 11.8. The Hall–Kier alpha value is -1.44. The summed E-state index contributed by atoms with van der Waals surface area (Å²) in [5, 5.41) is 0. The quantitative estimate of drug-likeness (QED) is 0.790. The second-order valence-electron chi connectivity index (χ2n) is 4.57. The number of ether oxygens (including phenoxy) is 1. The van der Waals surface area contributed by atoms with Crippen LogP contribution in [0.15, 0.2) is 23.1 Å². The topological polar surface area (TPSA) is 89.7 Å². The van der Waals surface area contributed by atoms with E-state index in [0.29, 0.717) is 5.56 Å². The van der Waals surface area contributed by atoms with Crippen LogP contribution < -0.4 is 5.73 Å². The van der Waals surface area contributed by atoms with Crippen molar-refractivity contribution in [3.63, 3.8) is 0 Å². The van der Waals surface area contributed by atoms with Gasteiger partial charge >= 0.3 is 0 Å². The van der Waals surface area contributed by atoms with Gasteiger partial charge in [0.25, 0.3) is 0 Å². The van der Waals surface area contributed by atoms with Crippen LogP contribution in [0.5, 0.6) is 0 Å². The van der Waals surface area contributed by atoms with Crippen LogP contribution in [0.1, 0.15) is 11.1 Å². The van der Waals surface area contributed by atoms with Crippen LogP contribution in [-0.4, -0.2) is 45.4 Å². The minimum absolute atomic E-state index is 0.0785. The van der Waals surface area contributed by atoms with Crippen molar-refractivity contribution >= 4 is 15.9 Å². The Balaban J connectivity index is 3.20. The lowest BCUT2D eigenvalue weighted by Crippen LogP contribution is -2.40. The van der Waals surface area contributed by atoms with Gasteiger partial charge in [-0.05, 0) is 31.0 Å². The van der Waals surface area contributed by atoms with Gasteiger partial charge in [0, 0.05) is 13.7 Å². The van der Waals surface area contributed by atoms with E-state index >= 15 is 0 Å². The van der Waals surface area contributed by atoms with Gasteiger partial charge in [0.15, 0.2) is 0 Å². The van der Waals surface area contributed by atoms with Gasteiger partial charge in [-0.3, -0.25) is 4.79 Å². The number of aryl methyl sites for hydroxylation is 2. The van der Waals surface area contributed by atoms with Crippen molar-refractivity contribution in [2.24, 2.45) is 5.73 Å². The summed E-state index contributed by atoms with van der Waals surface area (Å²) in [6.07, 6.45) is 0. The lowest BCUT2D eigenvalue weighted by Gasteiger charge is -2.21. The van der Waals surface area contributed by atoms with Gasteiger partial charge in [0.2, 0.25) is 15.9 Å². The molecule has 6 nitrogen and oxygen atoms in total. The van der Waals surface area contributed by atoms with Crippen LogP contribution in [0.2, 0.25) is 0 Å². The van der Waals surface area contributed by atoms with E-state index in [2.05, 4.69) is 0 Å². The molecule has 0 unspecified atom stereocenters. The van der Waals surface area contributed by atoms with Crippen molar-refractivity contribution in [1.82, 2.24) is 4.31 Å². The van der Waals surface area contributed by atoms with E-state index in [1.54, 1.807) is 19.1 Å². The highest BCUT2D eigenvalue weighted by atomic mass is 32.2. The molecule has 0 atom stereocenters. The van der Waals surface area contributed by atoms with Crippen molar-refractivity contribution in [3.8, 4) is 0 Å². The fraction of sp³-hybridized carbons (Fsp3) is 0.462. The Bertz CT molecular complexity index is 584. The molecule has 0 aromatic heterocycles. The lowest BCUT2D eigenvalue weighted by molar-refractivity contribution is -0.118. The Kier molecular flexibility index (Phi) is 5.67. The first kappa shape index (κ1) is 16.6. The Morgan fingerprint density at radius 3 is 2.55 bits per heavy atom. The number of hydrogen-bond donors (Lipinski definition) is 1. The van der Waals surface area contributed by atoms with E-state index in [0.717, 1.165) is 9.87 Å². The Labute approximate surface area is 119 Å². The van der Waals surface area contributed by atoms with Crippen LogP contribution in [0.3, 0.4) is 0 Å². The van der Waals surface area contributed by atoms with E-state index in [4.69, 9.17) is 10.5 Å². The molecule has 1 amide bonds. The highest BCUT2D eigenvalue weighted by Crippen LogP contribution is 2.21. The van der Waals surface area contributed by atoms with E-state index in [9.17, 15) is 13.2 Å². The summed E-state index contributed by atoms with van der Waals surface area (Å²) >= 11 is 0. The van der Waals surface area contributed by atoms with Crippen LogP contribution >= 0.6 is 0 Å². The van der Waals surface area contributed by atoms with Gasteiger partial charge in [-0.1, -0.05) is 12.1 Å². The Morgan fingerprint density at radius 2 is 2.00 bits per heavy atom. The number of carbonyl (C=O) groups excluding carboxylic acids is 1. The third-order valence-corrected chi connectivity index (χ3v) is 4.83. The zero-order chi connectivity index (χ0) is 15.3. The number of benzene rings is 1. The molecule has 0 bridgehead atoms. The van der Waals surface area contributed by atoms with Gasteiger partial charge in [0.1, 0.15) is 0 Å². The number of carbonyl (C=O) groups is 1. The maximum atomic E-state index is 12.6. The van der Waals surface area contributed by atoms with Crippen LogP contribution in [0, 0.1) is 13.8 Å². The first-order valence-corrected chi connectivity index (χ1v) is 7.57. The summed E-state index contributed by atoms with van der Waals surface area (Å²) in [7, 11) is -2.30. The SMILES string of the molecule is COCCN(CC(N)=O)S(=O)(=O)c1cc(C)ccc1C. The third kappa shape index (κ3) is 4.03. The number of primary amides is 1. The number of methoxy groups -OCH3 is 1. The number of rotatable bonds is 7. The highest BCUT2D eigenvalue weighted by molar-refractivity contribution is 7.89. The minimum atomic E-state index is -3.77. The van der Waals surface area contributed by atoms with Gasteiger partial charge < -0.3 is 10.5 Å². The molecule has 112 valence electrons. The molecular formula is C13H20N2O4S. The van der Waals surface area contributed by atoms with Gasteiger partial charge in [-0.25, -0.2) is 8.42 Å². The molecule has 2 N–H and O–H groups in total. The van der Waals surface area contributed by atoms with Gasteiger partial charge in [0.05, 0.1) is 18.0 Å². The Morgan fingerprint density at radius 1 is 1.35 bits per heavy atom. The first-order valence-electron chi connectivity index (χ1n) is 6.13. The summed E-state index contributed by atoms with van der Waals surface area (Å²) in [4.78, 5) is 11.3. The zero-order valence-electron chi connectivity index (χ0n) is 11.9. The predicted octanol–water partition coefficient (Wildman–Crippen LogP) is 0.426. The molecule has 0 aliphatic heterocycles. The minimum Gasteiger partial charge on any atom is -0.383 e. The average molecular weight is 300 g/mol. The maximum absolute atomic E-state index is 12.6. The number of nitrogens with two attached hydrogens (primary N) is 1. The standard InChI is InChI=1S/C13H20N2O4S/c1-10-4-5-11(2)12(8-10)20(17,18)15(6-7-19-3)9-13(14)16/h4-5,8H,6-7,9H2,1-3H3,(H2,14,16). The molecule has 7 heteroatoms. The lowest BCUT2D eigenvalue weighted by atomic mass is 10.2. The van der Waals surface area contributed by atoms with Crippen LogP contribution in [0.4, 0.5) is 0 Å². The number of nitrogens with zero attached hydrogens (tertiary/aromatic N) is 1. The van der Waals surface area contributed by atoms with Crippen molar-refractivity contribution < 1.29 is 17.9 Å². The fourth-order valence-electron chi connectivity index (χ4n) is 1.78. The summed E-state index contributed by atoms with van der Waals surface area (Å²) in [5.41, 5.74) is 6.58. The molecule has 0 aliphatic rings. The van der Waals surface area contributed by atoms with Crippen LogP contribution in [-0.2, 0) is 19.6 Å². The highest BCUT2D eigenvalue weighted by Gasteiger charge is 2.27. The zero-order valence-corrected chi connectivity index (χ0v) is 12.7. The summed E-state index contributed by atoms with van der Waals surface area (Å²) in [5.74, 6) is -0.699. The monoisotopic (exact) mass is 300 g/mol. The second-order valence-corrected chi connectivity index (χ2v) is 6.47. The van der Waals surface area contributed by atoms with Crippen molar-refractivity contribution in [2.45, 2.75) is 18.7 Å². The van der Waals surface area contributed by atoms with Gasteiger partial charge in [-0.15, -0.1) is 0 Å². The summed E-state index contributed by atoms with van der Waals surface area (Å²) in [6.45, 7) is 3.43. The molecule has 0 spiro atoms. The van der Waals surface area contributed by atoms with Crippen molar-refractivity contribution in [1.29, 1.82) is 0 Å². The van der Waals surface area contributed by atoms with E-state index in [1.165, 1.54) is 7.11 Å². The van der Waals surface area contributed by atoms with Gasteiger partial charge in [-0.2, -0.15) is 4.31 Å². The van der Waals surface area contributed by atoms with Crippen LogP contribution in [0.25, 0.3) is 0 Å². The molecule has 0 radical (unpaired) electrons. The molecule has 1 aromatic rings. The molecule has 0 fully saturated rings. The first-order chi connectivity index (χ1) is 9.28. The number of sulfonamides is 1. The fourth-order valence-corrected chi connectivity index (χ4v) is 3.48. The smallest absolute Gasteiger partial charge is 0.243 e. The molecule has 20 heavy (non-hydrogen) atoms. The third-order valence-electron chi connectivity index (χ3n) is 2.84. The maximum Gasteiger partial charge on any atom is 0.243 e. The molecule has 0 heterocycles. The van der Waals surface area contributed by atoms with E-state index < -0.39 is 15.9 Å². The molecule has 0 saturated heterocycles. The largest absolute Gasteiger partial charge is 0.383 e.